The van der Waals surface area contributed by atoms with Gasteiger partial charge < -0.3 is 30.5 Å². The molecule has 2 saturated heterocycles. The van der Waals surface area contributed by atoms with Crippen molar-refractivity contribution in [2.75, 3.05) is 33.2 Å². The normalized spacial score (nSPS) is 24.7. The maximum atomic E-state index is 13.6. The molecule has 2 bridgehead atoms. The lowest BCUT2D eigenvalue weighted by atomic mass is 10.0. The number of likely N-dealkylation sites (N-methyl/N-ethyl adjacent to an activating group) is 1. The van der Waals surface area contributed by atoms with Crippen molar-refractivity contribution in [3.63, 3.8) is 0 Å². The van der Waals surface area contributed by atoms with Gasteiger partial charge in [-0.25, -0.2) is 0 Å². The van der Waals surface area contributed by atoms with Crippen LogP contribution in [0.2, 0.25) is 0 Å². The number of fused-ring (bicyclic) bond motifs is 2. The highest BCUT2D eigenvalue weighted by Gasteiger charge is 2.38. The highest BCUT2D eigenvalue weighted by molar-refractivity contribution is 5.95. The molecule has 4 rings (SSSR count). The van der Waals surface area contributed by atoms with Gasteiger partial charge in [0.1, 0.15) is 12.1 Å². The fourth-order valence-electron chi connectivity index (χ4n) is 4.93. The molecular formula is C28H37N7O6. The van der Waals surface area contributed by atoms with E-state index in [1.54, 1.807) is 27.1 Å². The number of nitrogens with zero attached hydrogens (tertiary/aromatic N) is 4. The molecule has 220 valence electrons. The van der Waals surface area contributed by atoms with Gasteiger partial charge in [0.25, 0.3) is 11.8 Å². The SMILES string of the molecule is CC(C)[C@@H]1NC(=O)CN(C)C(=O)[C@@H](Cc2ccccc2)NC(=O)[C@H]2CN(C(=O)c3cnn(C)c3)C[C@H](CNC1=O)O2. The third kappa shape index (κ3) is 7.48. The Balaban J connectivity index is 1.65. The van der Waals surface area contributed by atoms with E-state index in [1.807, 2.05) is 30.3 Å². The smallest absolute Gasteiger partial charge is 0.257 e. The molecule has 0 spiro atoms. The van der Waals surface area contributed by atoms with Gasteiger partial charge in [0, 0.05) is 39.8 Å². The lowest BCUT2D eigenvalue weighted by Gasteiger charge is -2.38. The van der Waals surface area contributed by atoms with Crippen LogP contribution in [0.4, 0.5) is 0 Å². The maximum Gasteiger partial charge on any atom is 0.257 e. The van der Waals surface area contributed by atoms with Crippen molar-refractivity contribution in [1.82, 2.24) is 35.5 Å². The molecule has 41 heavy (non-hydrogen) atoms. The van der Waals surface area contributed by atoms with Crippen molar-refractivity contribution in [1.29, 1.82) is 0 Å². The van der Waals surface area contributed by atoms with Crippen LogP contribution >= 0.6 is 0 Å². The van der Waals surface area contributed by atoms with Gasteiger partial charge in [0.2, 0.25) is 17.7 Å². The third-order valence-electron chi connectivity index (χ3n) is 7.12. The topological polar surface area (TPSA) is 155 Å². The van der Waals surface area contributed by atoms with Crippen molar-refractivity contribution < 1.29 is 28.7 Å². The highest BCUT2D eigenvalue weighted by Crippen LogP contribution is 2.17. The van der Waals surface area contributed by atoms with Crippen LogP contribution in [-0.4, -0.2) is 107 Å². The number of carbonyl (C=O) groups is 5. The second kappa shape index (κ2) is 12.9. The van der Waals surface area contributed by atoms with E-state index in [0.717, 1.165) is 5.56 Å². The summed E-state index contributed by atoms with van der Waals surface area (Å²) in [6, 6.07) is 7.34. The zero-order valence-electron chi connectivity index (χ0n) is 23.7. The number of rotatable bonds is 4. The molecule has 5 amide bonds. The van der Waals surface area contributed by atoms with Gasteiger partial charge in [-0.3, -0.25) is 28.7 Å². The first-order chi connectivity index (χ1) is 19.5. The Morgan fingerprint density at radius 1 is 1.05 bits per heavy atom. The van der Waals surface area contributed by atoms with Crippen LogP contribution in [0.25, 0.3) is 0 Å². The molecule has 0 radical (unpaired) electrons. The molecule has 13 nitrogen and oxygen atoms in total. The van der Waals surface area contributed by atoms with Gasteiger partial charge in [-0.2, -0.15) is 5.10 Å². The van der Waals surface area contributed by atoms with Crippen molar-refractivity contribution >= 4 is 29.5 Å². The van der Waals surface area contributed by atoms with Crippen LogP contribution in [0.5, 0.6) is 0 Å². The number of aromatic nitrogens is 2. The molecule has 3 N–H and O–H groups in total. The number of aryl methyl sites for hydroxylation is 1. The van der Waals surface area contributed by atoms with Crippen molar-refractivity contribution in [3.8, 4) is 0 Å². The lowest BCUT2D eigenvalue weighted by molar-refractivity contribution is -0.148. The number of hydrogen-bond donors (Lipinski definition) is 3. The van der Waals surface area contributed by atoms with E-state index in [0.29, 0.717) is 5.56 Å². The second-order valence-corrected chi connectivity index (χ2v) is 10.8. The van der Waals surface area contributed by atoms with Gasteiger partial charge in [-0.1, -0.05) is 44.2 Å². The molecular weight excluding hydrogens is 530 g/mol. The summed E-state index contributed by atoms with van der Waals surface area (Å²) in [5.41, 5.74) is 1.16. The van der Waals surface area contributed by atoms with E-state index >= 15 is 0 Å². The summed E-state index contributed by atoms with van der Waals surface area (Å²) >= 11 is 0. The van der Waals surface area contributed by atoms with Crippen LogP contribution in [0.15, 0.2) is 42.7 Å². The molecule has 3 heterocycles. The molecule has 2 aromatic rings. The standard InChI is InChI=1S/C28H37N7O6/c1-17(2)24-26(38)29-12-20-14-35(27(39)19-11-30-34(4)13-19)15-22(41-20)25(37)31-21(10-18-8-6-5-7-9-18)28(40)33(3)16-23(36)32-24/h5-9,11,13,17,20-22,24H,10,12,14-16H2,1-4H3,(H,29,38)(H,31,37)(H,32,36)/t20-,21+,22+,24-/m0/s1. The first kappa shape index (κ1) is 29.7. The van der Waals surface area contributed by atoms with Gasteiger partial charge >= 0.3 is 0 Å². The van der Waals surface area contributed by atoms with Crippen molar-refractivity contribution in [3.05, 3.63) is 53.9 Å². The first-order valence-electron chi connectivity index (χ1n) is 13.6. The van der Waals surface area contributed by atoms with E-state index in [9.17, 15) is 24.0 Å². The van der Waals surface area contributed by atoms with E-state index in [2.05, 4.69) is 21.0 Å². The zero-order chi connectivity index (χ0) is 29.7. The maximum absolute atomic E-state index is 13.6. The summed E-state index contributed by atoms with van der Waals surface area (Å²) in [6.45, 7) is 3.37. The summed E-state index contributed by atoms with van der Waals surface area (Å²) in [4.78, 5) is 69.0. The summed E-state index contributed by atoms with van der Waals surface area (Å²) in [7, 11) is 3.16. The average molecular weight is 568 g/mol. The lowest BCUT2D eigenvalue weighted by Crippen LogP contribution is -2.59. The van der Waals surface area contributed by atoms with Gasteiger partial charge in [-0.05, 0) is 11.5 Å². The number of amides is 5. The molecule has 4 atom stereocenters. The highest BCUT2D eigenvalue weighted by atomic mass is 16.5. The van der Waals surface area contributed by atoms with Crippen LogP contribution in [0.3, 0.4) is 0 Å². The first-order valence-corrected chi connectivity index (χ1v) is 13.6. The Morgan fingerprint density at radius 2 is 1.78 bits per heavy atom. The minimum atomic E-state index is -1.10. The minimum absolute atomic E-state index is 0.00476. The monoisotopic (exact) mass is 567 g/mol. The molecule has 13 heteroatoms. The van der Waals surface area contributed by atoms with E-state index < -0.39 is 47.9 Å². The van der Waals surface area contributed by atoms with Gasteiger partial charge in [0.15, 0.2) is 6.10 Å². The summed E-state index contributed by atoms with van der Waals surface area (Å²) in [5, 5.41) is 12.4. The van der Waals surface area contributed by atoms with Crippen molar-refractivity contribution in [2.45, 2.75) is 44.6 Å². The number of carbonyl (C=O) groups excluding carboxylic acids is 5. The summed E-state index contributed by atoms with van der Waals surface area (Å²) in [5.74, 6) is -2.57. The largest absolute Gasteiger partial charge is 0.360 e. The van der Waals surface area contributed by atoms with Crippen LogP contribution in [-0.2, 0) is 37.4 Å². The zero-order valence-corrected chi connectivity index (χ0v) is 23.7. The Kier molecular flexibility index (Phi) is 9.38. The quantitative estimate of drug-likeness (QED) is 0.432. The fraction of sp³-hybridized carbons (Fsp3) is 0.500. The molecule has 0 aliphatic carbocycles. The molecule has 1 aromatic heterocycles. The molecule has 1 aromatic carbocycles. The Hall–Kier alpha value is -4.26. The summed E-state index contributed by atoms with van der Waals surface area (Å²) < 4.78 is 7.58. The molecule has 2 fully saturated rings. The molecule has 0 unspecified atom stereocenters. The predicted molar refractivity (Wildman–Crippen MR) is 147 cm³/mol. The molecule has 0 saturated carbocycles. The van der Waals surface area contributed by atoms with Gasteiger partial charge in [-0.15, -0.1) is 0 Å². The molecule has 2 aliphatic heterocycles. The number of hydrogen-bond acceptors (Lipinski definition) is 7. The van der Waals surface area contributed by atoms with Gasteiger partial charge in [0.05, 0.1) is 31.0 Å². The summed E-state index contributed by atoms with van der Waals surface area (Å²) in [6.07, 6.45) is 1.39. The number of benzene rings is 1. The average Bonchev–Trinajstić information content (AvgIpc) is 3.39. The number of nitrogens with one attached hydrogen (secondary N) is 3. The van der Waals surface area contributed by atoms with Crippen LogP contribution in [0, 0.1) is 5.92 Å². The van der Waals surface area contributed by atoms with Crippen LogP contribution < -0.4 is 16.0 Å². The van der Waals surface area contributed by atoms with Crippen molar-refractivity contribution in [2.24, 2.45) is 13.0 Å². The van der Waals surface area contributed by atoms with Crippen LogP contribution in [0.1, 0.15) is 29.8 Å². The number of ether oxygens (including phenoxy) is 1. The Labute approximate surface area is 238 Å². The second-order valence-electron chi connectivity index (χ2n) is 10.8. The molecule has 2 aliphatic rings. The minimum Gasteiger partial charge on any atom is -0.360 e. The third-order valence-corrected chi connectivity index (χ3v) is 7.12. The van der Waals surface area contributed by atoms with E-state index in [1.165, 1.54) is 27.7 Å². The Morgan fingerprint density at radius 3 is 2.44 bits per heavy atom. The fourth-order valence-corrected chi connectivity index (χ4v) is 4.93. The van der Waals surface area contributed by atoms with E-state index in [-0.39, 0.29) is 44.4 Å². The number of morpholine rings is 1. The Bertz CT molecular complexity index is 1280. The van der Waals surface area contributed by atoms with E-state index in [4.69, 9.17) is 4.74 Å². The predicted octanol–water partition coefficient (Wildman–Crippen LogP) is -0.914.